The number of carboxylic acids is 1. The minimum absolute atomic E-state index is 0.119. The van der Waals surface area contributed by atoms with Gasteiger partial charge in [-0.15, -0.1) is 5.10 Å². The number of rotatable bonds is 3. The van der Waals surface area contributed by atoms with E-state index in [4.69, 9.17) is 5.11 Å². The van der Waals surface area contributed by atoms with Gasteiger partial charge in [-0.25, -0.2) is 13.9 Å². The Kier molecular flexibility index (Phi) is 3.19. The fourth-order valence-electron chi connectivity index (χ4n) is 1.30. The summed E-state index contributed by atoms with van der Waals surface area (Å²) in [5.74, 6) is -1.48. The SMILES string of the molecule is O=C(O)c1cn(Cc2ccc(F)c(Br)c2)nn1. The van der Waals surface area contributed by atoms with Gasteiger partial charge in [0.15, 0.2) is 5.69 Å². The molecule has 88 valence electrons. The Morgan fingerprint density at radius 3 is 2.88 bits per heavy atom. The lowest BCUT2D eigenvalue weighted by molar-refractivity contribution is 0.0690. The number of carbonyl (C=O) groups is 1. The summed E-state index contributed by atoms with van der Waals surface area (Å²) in [6.07, 6.45) is 1.32. The predicted molar refractivity (Wildman–Crippen MR) is 60.2 cm³/mol. The zero-order valence-electron chi connectivity index (χ0n) is 8.47. The van der Waals surface area contributed by atoms with Crippen molar-refractivity contribution in [2.24, 2.45) is 0 Å². The molecular weight excluding hydrogens is 293 g/mol. The Balaban J connectivity index is 2.19. The van der Waals surface area contributed by atoms with Gasteiger partial charge in [-0.3, -0.25) is 0 Å². The molecule has 17 heavy (non-hydrogen) atoms. The first kappa shape index (κ1) is 11.7. The van der Waals surface area contributed by atoms with Gasteiger partial charge in [-0.2, -0.15) is 0 Å². The molecule has 0 atom stereocenters. The second kappa shape index (κ2) is 4.62. The number of aromatic nitrogens is 3. The highest BCUT2D eigenvalue weighted by Crippen LogP contribution is 2.17. The first-order valence-corrected chi connectivity index (χ1v) is 5.43. The second-order valence-electron chi connectivity index (χ2n) is 3.35. The number of hydrogen-bond donors (Lipinski definition) is 1. The Labute approximate surface area is 104 Å². The standard InChI is InChI=1S/C10H7BrFN3O2/c11-7-3-6(1-2-8(7)12)4-15-5-9(10(16)17)13-14-15/h1-3,5H,4H2,(H,16,17). The van der Waals surface area contributed by atoms with E-state index in [1.54, 1.807) is 12.1 Å². The van der Waals surface area contributed by atoms with Crippen molar-refractivity contribution < 1.29 is 14.3 Å². The van der Waals surface area contributed by atoms with E-state index in [1.807, 2.05) is 0 Å². The van der Waals surface area contributed by atoms with Crippen LogP contribution in [0.4, 0.5) is 4.39 Å². The molecule has 0 saturated carbocycles. The maximum Gasteiger partial charge on any atom is 0.358 e. The third-order valence-electron chi connectivity index (χ3n) is 2.09. The minimum atomic E-state index is -1.13. The molecule has 0 radical (unpaired) electrons. The smallest absolute Gasteiger partial charge is 0.358 e. The lowest BCUT2D eigenvalue weighted by Crippen LogP contribution is -2.01. The lowest BCUT2D eigenvalue weighted by Gasteiger charge is -2.02. The van der Waals surface area contributed by atoms with Gasteiger partial charge in [0.2, 0.25) is 0 Å². The van der Waals surface area contributed by atoms with E-state index in [2.05, 4.69) is 26.2 Å². The molecule has 1 N–H and O–H groups in total. The molecule has 7 heteroatoms. The van der Waals surface area contributed by atoms with Crippen LogP contribution in [0.5, 0.6) is 0 Å². The maximum absolute atomic E-state index is 13.0. The van der Waals surface area contributed by atoms with Crippen molar-refractivity contribution in [1.29, 1.82) is 0 Å². The third kappa shape index (κ3) is 2.68. The predicted octanol–water partition coefficient (Wildman–Crippen LogP) is 1.93. The Morgan fingerprint density at radius 1 is 1.53 bits per heavy atom. The highest BCUT2D eigenvalue weighted by Gasteiger charge is 2.08. The first-order valence-electron chi connectivity index (χ1n) is 4.63. The molecule has 2 aromatic rings. The summed E-state index contributed by atoms with van der Waals surface area (Å²) < 4.78 is 14.7. The molecular formula is C10H7BrFN3O2. The van der Waals surface area contributed by atoms with Crippen LogP contribution in [-0.4, -0.2) is 26.1 Å². The molecule has 0 unspecified atom stereocenters. The normalized spacial score (nSPS) is 10.5. The molecule has 0 amide bonds. The van der Waals surface area contributed by atoms with E-state index in [0.717, 1.165) is 5.56 Å². The highest BCUT2D eigenvalue weighted by atomic mass is 79.9. The maximum atomic E-state index is 13.0. The summed E-state index contributed by atoms with van der Waals surface area (Å²) in [5, 5.41) is 15.8. The Hall–Kier alpha value is -1.76. The number of halogens is 2. The fourth-order valence-corrected chi connectivity index (χ4v) is 1.72. The fraction of sp³-hybridized carbons (Fsp3) is 0.100. The minimum Gasteiger partial charge on any atom is -0.476 e. The van der Waals surface area contributed by atoms with Crippen molar-refractivity contribution >= 4 is 21.9 Å². The van der Waals surface area contributed by atoms with Gasteiger partial charge in [0.1, 0.15) is 5.82 Å². The Morgan fingerprint density at radius 2 is 2.29 bits per heavy atom. The molecule has 0 aliphatic rings. The van der Waals surface area contributed by atoms with Crippen molar-refractivity contribution in [2.75, 3.05) is 0 Å². The number of carboxylic acid groups (broad SMARTS) is 1. The first-order chi connectivity index (χ1) is 8.06. The van der Waals surface area contributed by atoms with E-state index in [9.17, 15) is 9.18 Å². The molecule has 5 nitrogen and oxygen atoms in total. The van der Waals surface area contributed by atoms with Crippen LogP contribution in [0.25, 0.3) is 0 Å². The van der Waals surface area contributed by atoms with Crippen molar-refractivity contribution in [2.45, 2.75) is 6.54 Å². The van der Waals surface area contributed by atoms with E-state index >= 15 is 0 Å². The van der Waals surface area contributed by atoms with E-state index < -0.39 is 5.97 Å². The summed E-state index contributed by atoms with van der Waals surface area (Å²) in [6, 6.07) is 4.54. The van der Waals surface area contributed by atoms with E-state index in [0.29, 0.717) is 11.0 Å². The molecule has 2 rings (SSSR count). The van der Waals surface area contributed by atoms with Gasteiger partial charge >= 0.3 is 5.97 Å². The van der Waals surface area contributed by atoms with Crippen LogP contribution in [0.3, 0.4) is 0 Å². The monoisotopic (exact) mass is 299 g/mol. The van der Waals surface area contributed by atoms with Gasteiger partial charge in [-0.1, -0.05) is 11.3 Å². The lowest BCUT2D eigenvalue weighted by atomic mass is 10.2. The topological polar surface area (TPSA) is 68.0 Å². The van der Waals surface area contributed by atoms with Crippen molar-refractivity contribution in [3.05, 3.63) is 45.9 Å². The highest BCUT2D eigenvalue weighted by molar-refractivity contribution is 9.10. The molecule has 0 saturated heterocycles. The number of nitrogens with zero attached hydrogens (tertiary/aromatic N) is 3. The third-order valence-corrected chi connectivity index (χ3v) is 2.69. The van der Waals surface area contributed by atoms with Crippen LogP contribution in [0.2, 0.25) is 0 Å². The van der Waals surface area contributed by atoms with Crippen LogP contribution in [-0.2, 0) is 6.54 Å². The van der Waals surface area contributed by atoms with Crippen molar-refractivity contribution in [3.63, 3.8) is 0 Å². The summed E-state index contributed by atoms with van der Waals surface area (Å²) in [5.41, 5.74) is 0.672. The van der Waals surface area contributed by atoms with Gasteiger partial charge in [0.05, 0.1) is 17.2 Å². The number of hydrogen-bond acceptors (Lipinski definition) is 3. The quantitative estimate of drug-likeness (QED) is 0.940. The van der Waals surface area contributed by atoms with Crippen LogP contribution < -0.4 is 0 Å². The van der Waals surface area contributed by atoms with Gasteiger partial charge < -0.3 is 5.11 Å². The van der Waals surface area contributed by atoms with Crippen molar-refractivity contribution in [3.8, 4) is 0 Å². The van der Waals surface area contributed by atoms with Gasteiger partial charge in [0, 0.05) is 0 Å². The second-order valence-corrected chi connectivity index (χ2v) is 4.21. The molecule has 0 bridgehead atoms. The molecule has 0 fully saturated rings. The molecule has 0 spiro atoms. The van der Waals surface area contributed by atoms with E-state index in [1.165, 1.54) is 16.9 Å². The average Bonchev–Trinajstić information content (AvgIpc) is 2.72. The van der Waals surface area contributed by atoms with Gasteiger partial charge in [-0.05, 0) is 33.6 Å². The number of aromatic carboxylic acids is 1. The molecule has 1 aromatic carbocycles. The molecule has 0 aliphatic heterocycles. The summed E-state index contributed by atoms with van der Waals surface area (Å²) >= 11 is 3.07. The molecule has 1 aromatic heterocycles. The van der Waals surface area contributed by atoms with Crippen LogP contribution >= 0.6 is 15.9 Å². The summed E-state index contributed by atoms with van der Waals surface area (Å²) in [7, 11) is 0. The van der Waals surface area contributed by atoms with Gasteiger partial charge in [0.25, 0.3) is 0 Å². The zero-order chi connectivity index (χ0) is 12.4. The summed E-state index contributed by atoms with van der Waals surface area (Å²) in [6.45, 7) is 0.332. The molecule has 0 aliphatic carbocycles. The van der Waals surface area contributed by atoms with Crippen LogP contribution in [0.15, 0.2) is 28.9 Å². The van der Waals surface area contributed by atoms with E-state index in [-0.39, 0.29) is 11.5 Å². The van der Waals surface area contributed by atoms with Crippen molar-refractivity contribution in [1.82, 2.24) is 15.0 Å². The molecule has 1 heterocycles. The number of benzene rings is 1. The average molecular weight is 300 g/mol. The summed E-state index contributed by atoms with van der Waals surface area (Å²) in [4.78, 5) is 10.6. The largest absolute Gasteiger partial charge is 0.476 e. The van der Waals surface area contributed by atoms with Crippen LogP contribution in [0.1, 0.15) is 16.1 Å². The zero-order valence-corrected chi connectivity index (χ0v) is 10.1. The Bertz CT molecular complexity index is 570. The van der Waals surface area contributed by atoms with Crippen LogP contribution in [0, 0.1) is 5.82 Å².